The lowest BCUT2D eigenvalue weighted by molar-refractivity contribution is 0.0772. The Bertz CT molecular complexity index is 1450. The number of halogens is 1. The van der Waals surface area contributed by atoms with Crippen molar-refractivity contribution in [2.24, 2.45) is 0 Å². The second-order valence-corrected chi connectivity index (χ2v) is 9.75. The van der Waals surface area contributed by atoms with E-state index in [2.05, 4.69) is 20.2 Å². The molecule has 198 valence electrons. The number of likely N-dealkylation sites (N-methyl/N-ethyl adjacent to an activating group) is 1. The summed E-state index contributed by atoms with van der Waals surface area (Å²) in [5, 5.41) is 3.33. The van der Waals surface area contributed by atoms with E-state index in [9.17, 15) is 9.18 Å². The molecule has 1 amide bonds. The Labute approximate surface area is 222 Å². The number of aryl methyl sites for hydroxylation is 1. The van der Waals surface area contributed by atoms with Gasteiger partial charge in [0, 0.05) is 49.3 Å². The lowest BCUT2D eigenvalue weighted by Gasteiger charge is -2.28. The van der Waals surface area contributed by atoms with E-state index in [1.165, 1.54) is 32.4 Å². The van der Waals surface area contributed by atoms with Crippen LogP contribution in [0.3, 0.4) is 0 Å². The van der Waals surface area contributed by atoms with Gasteiger partial charge in [0.2, 0.25) is 0 Å². The maximum Gasteiger partial charge on any atom is 0.253 e. The smallest absolute Gasteiger partial charge is 0.253 e. The average Bonchev–Trinajstić information content (AvgIpc) is 3.37. The Hall–Kier alpha value is -3.98. The zero-order valence-electron chi connectivity index (χ0n) is 22.1. The Morgan fingerprint density at radius 3 is 2.68 bits per heavy atom. The van der Waals surface area contributed by atoms with Crippen LogP contribution in [0.25, 0.3) is 16.9 Å². The summed E-state index contributed by atoms with van der Waals surface area (Å²) in [4.78, 5) is 26.4. The molecule has 0 spiro atoms. The molecular formula is C29H33FN6O2. The van der Waals surface area contributed by atoms with Crippen molar-refractivity contribution >= 4 is 23.1 Å². The van der Waals surface area contributed by atoms with Crippen molar-refractivity contribution in [2.45, 2.75) is 26.2 Å². The van der Waals surface area contributed by atoms with E-state index in [0.29, 0.717) is 29.1 Å². The van der Waals surface area contributed by atoms with Gasteiger partial charge in [-0.3, -0.25) is 9.20 Å². The van der Waals surface area contributed by atoms with E-state index in [4.69, 9.17) is 4.74 Å². The van der Waals surface area contributed by atoms with Crippen molar-refractivity contribution in [1.82, 2.24) is 24.2 Å². The van der Waals surface area contributed by atoms with Gasteiger partial charge in [-0.25, -0.2) is 14.4 Å². The molecule has 2 aromatic carbocycles. The number of hydrogen-bond acceptors (Lipinski definition) is 6. The number of methoxy groups -OCH3 is 1. The van der Waals surface area contributed by atoms with Crippen molar-refractivity contribution < 1.29 is 13.9 Å². The van der Waals surface area contributed by atoms with Crippen molar-refractivity contribution in [3.05, 3.63) is 71.9 Å². The van der Waals surface area contributed by atoms with E-state index in [1.54, 1.807) is 35.6 Å². The summed E-state index contributed by atoms with van der Waals surface area (Å²) in [6, 6.07) is 10.5. The van der Waals surface area contributed by atoms with E-state index in [1.807, 2.05) is 36.6 Å². The molecule has 0 aliphatic carbocycles. The SMILES string of the molecule is COc1ccc(-c2cnc3c(Nc4ccc(C(=O)N(C)CCN5CCCCC5)c(C)c4)nccn23)cc1F. The number of ether oxygens (including phenoxy) is 1. The number of fused-ring (bicyclic) bond motifs is 1. The van der Waals surface area contributed by atoms with Gasteiger partial charge in [-0.15, -0.1) is 0 Å². The van der Waals surface area contributed by atoms with E-state index in [0.717, 1.165) is 36.6 Å². The van der Waals surface area contributed by atoms with Crippen LogP contribution in [0.2, 0.25) is 0 Å². The second kappa shape index (κ2) is 11.2. The molecule has 0 bridgehead atoms. The van der Waals surface area contributed by atoms with E-state index >= 15 is 0 Å². The second-order valence-electron chi connectivity index (χ2n) is 9.75. The molecule has 1 saturated heterocycles. The first-order valence-electron chi connectivity index (χ1n) is 13.0. The van der Waals surface area contributed by atoms with Crippen molar-refractivity contribution in [1.29, 1.82) is 0 Å². The number of nitrogens with zero attached hydrogens (tertiary/aromatic N) is 5. The summed E-state index contributed by atoms with van der Waals surface area (Å²) in [5.74, 6) is 0.340. The standard InChI is InChI=1S/C29H33FN6O2/c1-20-17-22(8-9-23(20)29(37)34(2)15-16-35-12-5-4-6-13-35)33-27-28-32-19-25(36(28)14-11-31-27)21-7-10-26(38-3)24(30)18-21/h7-11,14,17-19H,4-6,12-13,15-16H2,1-3H3,(H,31,33). The molecule has 2 aromatic heterocycles. The monoisotopic (exact) mass is 516 g/mol. The summed E-state index contributed by atoms with van der Waals surface area (Å²) < 4.78 is 21.2. The van der Waals surface area contributed by atoms with Gasteiger partial charge in [0.25, 0.3) is 5.91 Å². The van der Waals surface area contributed by atoms with Gasteiger partial charge in [-0.05, 0) is 74.8 Å². The number of hydrogen-bond donors (Lipinski definition) is 1. The molecule has 5 rings (SSSR count). The Balaban J connectivity index is 1.31. The van der Waals surface area contributed by atoms with Gasteiger partial charge in [0.1, 0.15) is 0 Å². The van der Waals surface area contributed by atoms with Gasteiger partial charge in [-0.1, -0.05) is 6.42 Å². The molecule has 38 heavy (non-hydrogen) atoms. The van der Waals surface area contributed by atoms with Gasteiger partial charge in [0.15, 0.2) is 23.0 Å². The third-order valence-electron chi connectivity index (χ3n) is 7.14. The van der Waals surface area contributed by atoms with Crippen molar-refractivity contribution in [3.63, 3.8) is 0 Å². The third kappa shape index (κ3) is 5.33. The average molecular weight is 517 g/mol. The summed E-state index contributed by atoms with van der Waals surface area (Å²) in [7, 11) is 3.31. The van der Waals surface area contributed by atoms with Crippen LogP contribution in [0.5, 0.6) is 5.75 Å². The predicted octanol–water partition coefficient (Wildman–Crippen LogP) is 5.15. The predicted molar refractivity (Wildman–Crippen MR) is 147 cm³/mol. The molecule has 1 N–H and O–H groups in total. The van der Waals surface area contributed by atoms with Gasteiger partial charge in [0.05, 0.1) is 19.0 Å². The van der Waals surface area contributed by atoms with Crippen LogP contribution in [-0.2, 0) is 0 Å². The summed E-state index contributed by atoms with van der Waals surface area (Å²) in [5.41, 5.74) is 4.39. The maximum atomic E-state index is 14.3. The zero-order chi connectivity index (χ0) is 26.6. The third-order valence-corrected chi connectivity index (χ3v) is 7.14. The molecule has 0 unspecified atom stereocenters. The number of nitrogens with one attached hydrogen (secondary N) is 1. The number of benzene rings is 2. The number of rotatable bonds is 8. The van der Waals surface area contributed by atoms with Gasteiger partial charge >= 0.3 is 0 Å². The van der Waals surface area contributed by atoms with Gasteiger partial charge < -0.3 is 19.9 Å². The first-order chi connectivity index (χ1) is 18.4. The number of imidazole rings is 1. The van der Waals surface area contributed by atoms with Crippen LogP contribution in [0.15, 0.2) is 55.0 Å². The molecule has 0 radical (unpaired) electrons. The first-order valence-corrected chi connectivity index (χ1v) is 13.0. The van der Waals surface area contributed by atoms with Crippen molar-refractivity contribution in [3.8, 4) is 17.0 Å². The molecule has 3 heterocycles. The summed E-state index contributed by atoms with van der Waals surface area (Å²) in [6.07, 6.45) is 8.94. The molecule has 1 aliphatic rings. The minimum absolute atomic E-state index is 0.0240. The summed E-state index contributed by atoms with van der Waals surface area (Å²) in [6.45, 7) is 5.81. The van der Waals surface area contributed by atoms with Crippen LogP contribution in [0, 0.1) is 12.7 Å². The normalized spacial score (nSPS) is 14.0. The molecular weight excluding hydrogens is 483 g/mol. The van der Waals surface area contributed by atoms with Crippen LogP contribution >= 0.6 is 0 Å². The fraction of sp³-hybridized carbons (Fsp3) is 0.345. The number of aromatic nitrogens is 3. The molecule has 1 aliphatic heterocycles. The van der Waals surface area contributed by atoms with Crippen LogP contribution in [0.4, 0.5) is 15.9 Å². The van der Waals surface area contributed by atoms with Crippen LogP contribution in [-0.4, -0.2) is 70.4 Å². The number of carbonyl (C=O) groups is 1. The lowest BCUT2D eigenvalue weighted by atomic mass is 10.1. The molecule has 0 atom stereocenters. The number of amides is 1. The molecule has 9 heteroatoms. The van der Waals surface area contributed by atoms with Crippen LogP contribution < -0.4 is 10.1 Å². The number of anilines is 2. The topological polar surface area (TPSA) is 75.0 Å². The Kier molecular flexibility index (Phi) is 7.55. The maximum absolute atomic E-state index is 14.3. The molecule has 8 nitrogen and oxygen atoms in total. The zero-order valence-corrected chi connectivity index (χ0v) is 22.1. The van der Waals surface area contributed by atoms with E-state index < -0.39 is 5.82 Å². The quantitative estimate of drug-likeness (QED) is 0.349. The van der Waals surface area contributed by atoms with E-state index in [-0.39, 0.29) is 11.7 Å². The lowest BCUT2D eigenvalue weighted by Crippen LogP contribution is -2.38. The number of likely N-dealkylation sites (tertiary alicyclic amines) is 1. The molecule has 4 aromatic rings. The van der Waals surface area contributed by atoms with Crippen LogP contribution in [0.1, 0.15) is 35.2 Å². The Morgan fingerprint density at radius 1 is 1.13 bits per heavy atom. The van der Waals surface area contributed by atoms with Gasteiger partial charge in [-0.2, -0.15) is 0 Å². The highest BCUT2D eigenvalue weighted by atomic mass is 19.1. The highest BCUT2D eigenvalue weighted by Gasteiger charge is 2.18. The minimum atomic E-state index is -0.436. The number of piperidine rings is 1. The van der Waals surface area contributed by atoms with Crippen molar-refractivity contribution in [2.75, 3.05) is 45.7 Å². The highest BCUT2D eigenvalue weighted by Crippen LogP contribution is 2.29. The fourth-order valence-corrected chi connectivity index (χ4v) is 4.95. The first kappa shape index (κ1) is 25.7. The summed E-state index contributed by atoms with van der Waals surface area (Å²) >= 11 is 0. The fourth-order valence-electron chi connectivity index (χ4n) is 4.95. The highest BCUT2D eigenvalue weighted by molar-refractivity contribution is 5.96. The number of carbonyl (C=O) groups excluding carboxylic acids is 1. The Morgan fingerprint density at radius 2 is 1.95 bits per heavy atom. The minimum Gasteiger partial charge on any atom is -0.494 e. The molecule has 0 saturated carbocycles. The molecule has 1 fully saturated rings. The largest absolute Gasteiger partial charge is 0.494 e.